The summed E-state index contributed by atoms with van der Waals surface area (Å²) >= 11 is 6.02. The Labute approximate surface area is 168 Å². The van der Waals surface area contributed by atoms with Crippen molar-refractivity contribution in [3.8, 4) is 5.69 Å². The number of hydrogen-bond acceptors (Lipinski definition) is 2. The molecule has 1 N–H and O–H groups in total. The van der Waals surface area contributed by atoms with E-state index in [4.69, 9.17) is 11.6 Å². The van der Waals surface area contributed by atoms with Crippen LogP contribution in [0.5, 0.6) is 0 Å². The van der Waals surface area contributed by atoms with Crippen molar-refractivity contribution in [2.45, 2.75) is 6.04 Å². The van der Waals surface area contributed by atoms with Crippen molar-refractivity contribution in [3.05, 3.63) is 107 Å². The van der Waals surface area contributed by atoms with Gasteiger partial charge in [-0.1, -0.05) is 23.7 Å². The summed E-state index contributed by atoms with van der Waals surface area (Å²) in [5.74, 6) is 0.585. The van der Waals surface area contributed by atoms with E-state index in [9.17, 15) is 4.79 Å². The molecule has 1 unspecified atom stereocenters. The lowest BCUT2D eigenvalue weighted by Crippen LogP contribution is -2.31. The summed E-state index contributed by atoms with van der Waals surface area (Å²) in [6, 6.07) is 18.5. The molecule has 140 valence electrons. The summed E-state index contributed by atoms with van der Waals surface area (Å²) in [7, 11) is 1.91. The number of nitrogens with zero attached hydrogens (tertiary/aromatic N) is 3. The van der Waals surface area contributed by atoms with E-state index < -0.39 is 0 Å². The maximum absolute atomic E-state index is 12.9. The van der Waals surface area contributed by atoms with E-state index in [1.54, 1.807) is 6.20 Å². The zero-order chi connectivity index (χ0) is 19.5. The van der Waals surface area contributed by atoms with Gasteiger partial charge in [0.05, 0.1) is 0 Å². The second-order valence-electron chi connectivity index (χ2n) is 6.49. The third-order valence-electron chi connectivity index (χ3n) is 4.63. The normalized spacial score (nSPS) is 11.9. The maximum atomic E-state index is 12.9. The molecular formula is C22H19ClN4O. The van der Waals surface area contributed by atoms with E-state index >= 15 is 0 Å². The van der Waals surface area contributed by atoms with E-state index in [1.807, 2.05) is 95.4 Å². The molecule has 0 radical (unpaired) electrons. The summed E-state index contributed by atoms with van der Waals surface area (Å²) in [5.41, 5.74) is 2.50. The Balaban J connectivity index is 1.60. The summed E-state index contributed by atoms with van der Waals surface area (Å²) in [4.78, 5) is 17.3. The molecule has 0 saturated carbocycles. The first-order valence-corrected chi connectivity index (χ1v) is 9.26. The Morgan fingerprint density at radius 1 is 1.00 bits per heavy atom. The summed E-state index contributed by atoms with van der Waals surface area (Å²) in [6.07, 6.45) is 7.51. The minimum Gasteiger partial charge on any atom is -0.338 e. The highest BCUT2D eigenvalue weighted by Gasteiger charge is 2.21. The molecule has 1 amide bonds. The molecule has 0 saturated heterocycles. The van der Waals surface area contributed by atoms with Crippen LogP contribution in [0.3, 0.4) is 0 Å². The van der Waals surface area contributed by atoms with Crippen LogP contribution in [0.25, 0.3) is 5.69 Å². The number of aromatic nitrogens is 3. The standard InChI is InChI=1S/C22H19ClN4O/c1-26-15-12-24-21(26)20(16-4-8-18(23)9-5-16)25-22(28)17-6-10-19(11-7-17)27-13-2-3-14-27/h2-15,20H,1H3,(H,25,28). The fourth-order valence-corrected chi connectivity index (χ4v) is 3.24. The van der Waals surface area contributed by atoms with Gasteiger partial charge in [-0.15, -0.1) is 0 Å². The van der Waals surface area contributed by atoms with Gasteiger partial charge in [0.2, 0.25) is 0 Å². The van der Waals surface area contributed by atoms with E-state index in [0.717, 1.165) is 17.1 Å². The van der Waals surface area contributed by atoms with Crippen LogP contribution in [0.15, 0.2) is 85.5 Å². The zero-order valence-electron chi connectivity index (χ0n) is 15.3. The van der Waals surface area contributed by atoms with Gasteiger partial charge < -0.3 is 14.5 Å². The number of carbonyl (C=O) groups is 1. The fourth-order valence-electron chi connectivity index (χ4n) is 3.11. The van der Waals surface area contributed by atoms with E-state index in [0.29, 0.717) is 10.6 Å². The van der Waals surface area contributed by atoms with E-state index in [2.05, 4.69) is 10.3 Å². The molecule has 0 aliphatic heterocycles. The van der Waals surface area contributed by atoms with Gasteiger partial charge in [-0.25, -0.2) is 4.98 Å². The zero-order valence-corrected chi connectivity index (χ0v) is 16.0. The third kappa shape index (κ3) is 3.70. The molecule has 2 heterocycles. The highest BCUT2D eigenvalue weighted by Crippen LogP contribution is 2.23. The third-order valence-corrected chi connectivity index (χ3v) is 4.88. The first-order valence-electron chi connectivity index (χ1n) is 8.89. The molecule has 6 heteroatoms. The van der Waals surface area contributed by atoms with Gasteiger partial charge in [-0.2, -0.15) is 0 Å². The number of amides is 1. The first-order chi connectivity index (χ1) is 13.6. The minimum absolute atomic E-state index is 0.165. The van der Waals surface area contributed by atoms with Crippen molar-refractivity contribution in [1.29, 1.82) is 0 Å². The number of hydrogen-bond donors (Lipinski definition) is 1. The van der Waals surface area contributed by atoms with Crippen LogP contribution >= 0.6 is 11.6 Å². The molecule has 2 aromatic heterocycles. The van der Waals surface area contributed by atoms with Crippen LogP contribution in [0, 0.1) is 0 Å². The molecule has 2 aromatic carbocycles. The Bertz CT molecular complexity index is 1070. The number of halogens is 1. The highest BCUT2D eigenvalue weighted by molar-refractivity contribution is 6.30. The first kappa shape index (κ1) is 18.1. The largest absolute Gasteiger partial charge is 0.338 e. The molecule has 0 spiro atoms. The topological polar surface area (TPSA) is 51.9 Å². The van der Waals surface area contributed by atoms with E-state index in [-0.39, 0.29) is 11.9 Å². The Morgan fingerprint density at radius 2 is 1.68 bits per heavy atom. The van der Waals surface area contributed by atoms with Crippen LogP contribution in [0.2, 0.25) is 5.02 Å². The monoisotopic (exact) mass is 390 g/mol. The van der Waals surface area contributed by atoms with Crippen molar-refractivity contribution in [3.63, 3.8) is 0 Å². The van der Waals surface area contributed by atoms with Crippen molar-refractivity contribution in [2.75, 3.05) is 0 Å². The molecule has 4 aromatic rings. The summed E-state index contributed by atoms with van der Waals surface area (Å²) in [5, 5.41) is 3.74. The Morgan fingerprint density at radius 3 is 2.29 bits per heavy atom. The van der Waals surface area contributed by atoms with Gasteiger partial charge in [0.25, 0.3) is 5.91 Å². The number of aryl methyl sites for hydroxylation is 1. The lowest BCUT2D eigenvalue weighted by Gasteiger charge is -2.19. The van der Waals surface area contributed by atoms with Crippen LogP contribution in [0.1, 0.15) is 27.8 Å². The van der Waals surface area contributed by atoms with Crippen molar-refractivity contribution in [1.82, 2.24) is 19.4 Å². The van der Waals surface area contributed by atoms with Crippen LogP contribution in [0.4, 0.5) is 0 Å². The average Bonchev–Trinajstić information content (AvgIpc) is 3.39. The number of carbonyl (C=O) groups excluding carboxylic acids is 1. The van der Waals surface area contributed by atoms with Crippen LogP contribution < -0.4 is 5.32 Å². The Hall–Kier alpha value is -3.31. The second-order valence-corrected chi connectivity index (χ2v) is 6.93. The SMILES string of the molecule is Cn1ccnc1C(NC(=O)c1ccc(-n2cccc2)cc1)c1ccc(Cl)cc1. The number of rotatable bonds is 5. The van der Waals surface area contributed by atoms with E-state index in [1.165, 1.54) is 0 Å². The minimum atomic E-state index is -0.381. The Kier molecular flexibility index (Phi) is 5.00. The average molecular weight is 391 g/mol. The van der Waals surface area contributed by atoms with Crippen molar-refractivity contribution in [2.24, 2.45) is 7.05 Å². The predicted molar refractivity (Wildman–Crippen MR) is 110 cm³/mol. The van der Waals surface area contributed by atoms with Crippen molar-refractivity contribution >= 4 is 17.5 Å². The molecule has 5 nitrogen and oxygen atoms in total. The molecule has 0 fully saturated rings. The lowest BCUT2D eigenvalue weighted by atomic mass is 10.1. The molecule has 28 heavy (non-hydrogen) atoms. The van der Waals surface area contributed by atoms with Crippen LogP contribution in [-0.4, -0.2) is 20.0 Å². The molecule has 4 rings (SSSR count). The van der Waals surface area contributed by atoms with Gasteiger partial charge >= 0.3 is 0 Å². The van der Waals surface area contributed by atoms with Gasteiger partial charge in [-0.3, -0.25) is 4.79 Å². The molecule has 1 atom stereocenters. The fraction of sp³-hybridized carbons (Fsp3) is 0.0909. The number of imidazole rings is 1. The molecular weight excluding hydrogens is 372 g/mol. The molecule has 0 aliphatic carbocycles. The van der Waals surface area contributed by atoms with Gasteiger partial charge in [0, 0.05) is 48.1 Å². The quantitative estimate of drug-likeness (QED) is 0.549. The van der Waals surface area contributed by atoms with Gasteiger partial charge in [0.1, 0.15) is 11.9 Å². The van der Waals surface area contributed by atoms with Gasteiger partial charge in [0.15, 0.2) is 0 Å². The predicted octanol–water partition coefficient (Wildman–Crippen LogP) is 4.38. The maximum Gasteiger partial charge on any atom is 0.252 e. The molecule has 0 aliphatic rings. The summed E-state index contributed by atoms with van der Waals surface area (Å²) in [6.45, 7) is 0. The number of nitrogens with one attached hydrogen (secondary N) is 1. The smallest absolute Gasteiger partial charge is 0.252 e. The number of benzene rings is 2. The van der Waals surface area contributed by atoms with Crippen LogP contribution in [-0.2, 0) is 7.05 Å². The lowest BCUT2D eigenvalue weighted by molar-refractivity contribution is 0.0941. The summed E-state index contributed by atoms with van der Waals surface area (Å²) < 4.78 is 3.89. The highest BCUT2D eigenvalue weighted by atomic mass is 35.5. The molecule has 0 bridgehead atoms. The second kappa shape index (κ2) is 7.74. The van der Waals surface area contributed by atoms with Crippen molar-refractivity contribution < 1.29 is 4.79 Å². The van der Waals surface area contributed by atoms with Gasteiger partial charge in [-0.05, 0) is 54.1 Å².